The van der Waals surface area contributed by atoms with Gasteiger partial charge in [-0.05, 0) is 29.1 Å². The van der Waals surface area contributed by atoms with Crippen LogP contribution in [0.1, 0.15) is 15.9 Å². The number of aryl methyl sites for hydroxylation is 2. The summed E-state index contributed by atoms with van der Waals surface area (Å²) in [5, 5.41) is 1.99. The molecule has 2 aliphatic rings. The molecular weight excluding hydrogens is 318 g/mol. The summed E-state index contributed by atoms with van der Waals surface area (Å²) in [6, 6.07) is 10.1. The quantitative estimate of drug-likeness (QED) is 0.534. The highest BCUT2D eigenvalue weighted by atomic mass is 16.7. The Labute approximate surface area is 144 Å². The second-order valence-corrected chi connectivity index (χ2v) is 6.27. The molecule has 5 rings (SSSR count). The van der Waals surface area contributed by atoms with Crippen LogP contribution in [-0.2, 0) is 13.0 Å². The first-order valence-electron chi connectivity index (χ1n) is 8.21. The monoisotopic (exact) mass is 334 g/mol. The molecule has 0 unspecified atom stereocenters. The van der Waals surface area contributed by atoms with Crippen molar-refractivity contribution in [3.8, 4) is 28.5 Å². The number of pyridine rings is 1. The van der Waals surface area contributed by atoms with Gasteiger partial charge in [-0.15, -0.1) is 0 Å². The van der Waals surface area contributed by atoms with Crippen molar-refractivity contribution in [3.05, 3.63) is 47.7 Å². The Kier molecular flexibility index (Phi) is 2.98. The Morgan fingerprint density at radius 3 is 2.80 bits per heavy atom. The highest BCUT2D eigenvalue weighted by Gasteiger charge is 2.28. The molecule has 3 heterocycles. The molecule has 0 bridgehead atoms. The van der Waals surface area contributed by atoms with Gasteiger partial charge in [-0.2, -0.15) is 4.57 Å². The minimum Gasteiger partial charge on any atom is -0.495 e. The van der Waals surface area contributed by atoms with E-state index in [1.54, 1.807) is 13.2 Å². The number of nitrogens with zero attached hydrogens (tertiary/aromatic N) is 1. The number of fused-ring (bicyclic) bond motifs is 5. The summed E-state index contributed by atoms with van der Waals surface area (Å²) in [4.78, 5) is 11.3. The van der Waals surface area contributed by atoms with Crippen LogP contribution in [-0.4, -0.2) is 20.2 Å². The molecule has 2 aromatic carbocycles. The fraction of sp³-hybridized carbons (Fsp3) is 0.200. The van der Waals surface area contributed by atoms with Crippen LogP contribution in [0.3, 0.4) is 0 Å². The molecule has 0 saturated carbocycles. The lowest BCUT2D eigenvalue weighted by atomic mass is 9.95. The van der Waals surface area contributed by atoms with Crippen molar-refractivity contribution in [2.24, 2.45) is 0 Å². The minimum atomic E-state index is 0.279. The summed E-state index contributed by atoms with van der Waals surface area (Å²) < 4.78 is 18.7. The molecular formula is C20H16NO4+. The Morgan fingerprint density at radius 1 is 1.16 bits per heavy atom. The number of hydrogen-bond donors (Lipinski definition) is 0. The Morgan fingerprint density at radius 2 is 2.00 bits per heavy atom. The molecule has 0 amide bonds. The number of carbonyl (C=O) groups is 1. The number of hydrogen-bond acceptors (Lipinski definition) is 4. The summed E-state index contributed by atoms with van der Waals surface area (Å²) in [7, 11) is 1.60. The third kappa shape index (κ3) is 2.02. The fourth-order valence-corrected chi connectivity index (χ4v) is 3.75. The lowest BCUT2D eigenvalue weighted by Crippen LogP contribution is -2.40. The van der Waals surface area contributed by atoms with Crippen LogP contribution in [0.2, 0.25) is 0 Å². The van der Waals surface area contributed by atoms with E-state index in [1.165, 1.54) is 5.56 Å². The van der Waals surface area contributed by atoms with E-state index in [2.05, 4.69) is 29.0 Å². The van der Waals surface area contributed by atoms with Gasteiger partial charge in [0.2, 0.25) is 12.5 Å². The van der Waals surface area contributed by atoms with Crippen molar-refractivity contribution >= 4 is 17.1 Å². The van der Waals surface area contributed by atoms with E-state index in [1.807, 2.05) is 6.07 Å². The molecule has 3 aromatic rings. The lowest BCUT2D eigenvalue weighted by Gasteiger charge is -2.17. The molecule has 0 aliphatic carbocycles. The van der Waals surface area contributed by atoms with Crippen LogP contribution in [0.5, 0.6) is 17.2 Å². The molecule has 124 valence electrons. The topological polar surface area (TPSA) is 48.6 Å². The van der Waals surface area contributed by atoms with Crippen molar-refractivity contribution in [3.63, 3.8) is 0 Å². The first-order valence-corrected chi connectivity index (χ1v) is 8.21. The van der Waals surface area contributed by atoms with Gasteiger partial charge in [0.15, 0.2) is 30.5 Å². The number of aldehydes is 1. The summed E-state index contributed by atoms with van der Waals surface area (Å²) in [5.74, 6) is 2.24. The van der Waals surface area contributed by atoms with Gasteiger partial charge in [-0.3, -0.25) is 4.79 Å². The largest absolute Gasteiger partial charge is 0.495 e. The van der Waals surface area contributed by atoms with E-state index >= 15 is 0 Å². The number of aromatic nitrogens is 1. The van der Waals surface area contributed by atoms with Gasteiger partial charge in [0, 0.05) is 12.5 Å². The minimum absolute atomic E-state index is 0.279. The van der Waals surface area contributed by atoms with Gasteiger partial charge < -0.3 is 14.2 Å². The second-order valence-electron chi connectivity index (χ2n) is 6.27. The zero-order valence-corrected chi connectivity index (χ0v) is 13.7. The van der Waals surface area contributed by atoms with E-state index in [4.69, 9.17) is 14.2 Å². The van der Waals surface area contributed by atoms with Gasteiger partial charge in [-0.25, -0.2) is 0 Å². The van der Waals surface area contributed by atoms with Crippen LogP contribution in [0.15, 0.2) is 36.5 Å². The Hall–Kier alpha value is -3.08. The smallest absolute Gasteiger partial charge is 0.231 e. The van der Waals surface area contributed by atoms with E-state index in [9.17, 15) is 4.79 Å². The average Bonchev–Trinajstić information content (AvgIpc) is 3.11. The van der Waals surface area contributed by atoms with Crippen molar-refractivity contribution in [1.29, 1.82) is 0 Å². The number of rotatable bonds is 2. The predicted molar refractivity (Wildman–Crippen MR) is 91.3 cm³/mol. The molecule has 2 aliphatic heterocycles. The normalized spacial score (nSPS) is 14.1. The van der Waals surface area contributed by atoms with E-state index in [0.29, 0.717) is 11.3 Å². The van der Waals surface area contributed by atoms with Crippen LogP contribution in [0, 0.1) is 0 Å². The van der Waals surface area contributed by atoms with E-state index < -0.39 is 0 Å². The number of carbonyl (C=O) groups excluding carboxylic acids is 1. The second kappa shape index (κ2) is 5.21. The Bertz CT molecular complexity index is 1040. The average molecular weight is 334 g/mol. The van der Waals surface area contributed by atoms with Crippen molar-refractivity contribution < 1.29 is 23.6 Å². The maximum Gasteiger partial charge on any atom is 0.231 e. The van der Waals surface area contributed by atoms with Crippen molar-refractivity contribution in [2.45, 2.75) is 13.0 Å². The zero-order chi connectivity index (χ0) is 17.0. The third-order valence-corrected chi connectivity index (χ3v) is 4.97. The van der Waals surface area contributed by atoms with Crippen molar-refractivity contribution in [2.75, 3.05) is 13.9 Å². The van der Waals surface area contributed by atoms with Crippen LogP contribution in [0.4, 0.5) is 0 Å². The maximum atomic E-state index is 11.3. The molecule has 0 atom stereocenters. The van der Waals surface area contributed by atoms with Crippen LogP contribution < -0.4 is 18.8 Å². The summed E-state index contributed by atoms with van der Waals surface area (Å²) in [6.07, 6.45) is 3.83. The molecule has 1 aromatic heterocycles. The summed E-state index contributed by atoms with van der Waals surface area (Å²) in [6.45, 7) is 1.15. The number of benzene rings is 2. The molecule has 0 N–H and O–H groups in total. The molecule has 0 saturated heterocycles. The van der Waals surface area contributed by atoms with E-state index in [0.717, 1.165) is 52.8 Å². The number of ether oxygens (including phenoxy) is 3. The van der Waals surface area contributed by atoms with Crippen molar-refractivity contribution in [1.82, 2.24) is 0 Å². The molecule has 0 spiro atoms. The van der Waals surface area contributed by atoms with Gasteiger partial charge in [0.25, 0.3) is 0 Å². The molecule has 25 heavy (non-hydrogen) atoms. The highest BCUT2D eigenvalue weighted by Crippen LogP contribution is 2.40. The highest BCUT2D eigenvalue weighted by molar-refractivity contribution is 5.96. The van der Waals surface area contributed by atoms with Crippen LogP contribution >= 0.6 is 0 Å². The van der Waals surface area contributed by atoms with Gasteiger partial charge in [-0.1, -0.05) is 6.07 Å². The fourth-order valence-electron chi connectivity index (χ4n) is 3.75. The SMILES string of the molecule is COc1c(C=O)ccc2cc3[n+](cc12)CCc1cc2c(cc1-3)OCO2. The van der Waals surface area contributed by atoms with Crippen LogP contribution in [0.25, 0.3) is 22.0 Å². The Balaban J connectivity index is 1.77. The van der Waals surface area contributed by atoms with Gasteiger partial charge in [0.05, 0.1) is 23.6 Å². The first-order chi connectivity index (χ1) is 12.3. The molecule has 5 nitrogen and oxygen atoms in total. The number of methoxy groups -OCH3 is 1. The van der Waals surface area contributed by atoms with Gasteiger partial charge in [0.1, 0.15) is 5.75 Å². The molecule has 0 radical (unpaired) electrons. The first kappa shape index (κ1) is 14.3. The standard InChI is InChI=1S/C20H16NO4/c1-23-20-14(10-22)3-2-12-6-17-15-8-19-18(24-11-25-19)7-13(15)4-5-21(17)9-16(12)20/h2-3,6-10H,4-5,11H2,1H3/q+1. The molecule has 5 heteroatoms. The van der Waals surface area contributed by atoms with E-state index in [-0.39, 0.29) is 6.79 Å². The zero-order valence-electron chi connectivity index (χ0n) is 13.7. The third-order valence-electron chi connectivity index (χ3n) is 4.97. The predicted octanol–water partition coefficient (Wildman–Crippen LogP) is 2.90. The summed E-state index contributed by atoms with van der Waals surface area (Å²) in [5.41, 5.74) is 4.12. The lowest BCUT2D eigenvalue weighted by molar-refractivity contribution is -0.686. The van der Waals surface area contributed by atoms with Gasteiger partial charge >= 0.3 is 0 Å². The summed E-state index contributed by atoms with van der Waals surface area (Å²) >= 11 is 0. The maximum absolute atomic E-state index is 11.3. The molecule has 0 fully saturated rings.